The number of aliphatic hydroxyl groups excluding tert-OH is 1. The van der Waals surface area contributed by atoms with Gasteiger partial charge in [-0.05, 0) is 24.6 Å². The summed E-state index contributed by atoms with van der Waals surface area (Å²) >= 11 is 0. The van der Waals surface area contributed by atoms with E-state index in [4.69, 9.17) is 5.26 Å². The third kappa shape index (κ3) is 3.86. The molecule has 8 nitrogen and oxygen atoms in total. The van der Waals surface area contributed by atoms with Gasteiger partial charge in [0.25, 0.3) is 5.91 Å². The molecule has 0 radical (unpaired) electrons. The largest absolute Gasteiger partial charge is 0.387 e. The number of nitriles is 1. The zero-order chi connectivity index (χ0) is 21.3. The van der Waals surface area contributed by atoms with E-state index in [1.54, 1.807) is 32.2 Å². The number of fused-ring (bicyclic) bond motifs is 1. The van der Waals surface area contributed by atoms with Crippen LogP contribution in [0.15, 0.2) is 48.0 Å². The van der Waals surface area contributed by atoms with Crippen molar-refractivity contribution >= 4 is 27.7 Å². The van der Waals surface area contributed by atoms with E-state index in [2.05, 4.69) is 22.7 Å². The molecule has 3 rings (SSSR count). The molecule has 29 heavy (non-hydrogen) atoms. The lowest BCUT2D eigenvalue weighted by Crippen LogP contribution is -2.40. The van der Waals surface area contributed by atoms with Crippen molar-refractivity contribution in [2.75, 3.05) is 5.32 Å². The van der Waals surface area contributed by atoms with Crippen molar-refractivity contribution in [3.63, 3.8) is 0 Å². The number of amides is 1. The lowest BCUT2D eigenvalue weighted by Gasteiger charge is -2.16. The second-order valence-electron chi connectivity index (χ2n) is 6.69. The van der Waals surface area contributed by atoms with Gasteiger partial charge >= 0.3 is 0 Å². The zero-order valence-corrected chi connectivity index (χ0v) is 16.7. The molecule has 150 valence electrons. The van der Waals surface area contributed by atoms with Gasteiger partial charge in [0.15, 0.2) is 0 Å². The van der Waals surface area contributed by atoms with Crippen LogP contribution in [0.4, 0.5) is 5.69 Å². The molecule has 1 amide bonds. The Bertz CT molecular complexity index is 1170. The fraction of sp³-hybridized carbons (Fsp3) is 0.200. The number of nitrogens with one attached hydrogen (secondary N) is 2. The molecule has 3 N–H and O–H groups in total. The Morgan fingerprint density at radius 2 is 2.21 bits per heavy atom. The van der Waals surface area contributed by atoms with Gasteiger partial charge in [0.1, 0.15) is 10.6 Å². The predicted molar refractivity (Wildman–Crippen MR) is 109 cm³/mol. The predicted octanol–water partition coefficient (Wildman–Crippen LogP) is 1.68. The van der Waals surface area contributed by atoms with Crippen LogP contribution in [0.2, 0.25) is 0 Å². The molecular weight excluding hydrogens is 392 g/mol. The number of aromatic nitrogens is 1. The zero-order valence-electron chi connectivity index (χ0n) is 15.9. The van der Waals surface area contributed by atoms with E-state index >= 15 is 0 Å². The maximum absolute atomic E-state index is 12.9. The van der Waals surface area contributed by atoms with Crippen molar-refractivity contribution in [2.24, 2.45) is 7.05 Å². The van der Waals surface area contributed by atoms with Gasteiger partial charge in [-0.15, -0.1) is 6.58 Å². The van der Waals surface area contributed by atoms with Crippen molar-refractivity contribution < 1.29 is 18.3 Å². The molecule has 1 aliphatic heterocycles. The molecule has 2 atom stereocenters. The first kappa shape index (κ1) is 20.5. The number of carbonyl (C=O) groups is 1. The Morgan fingerprint density at radius 1 is 1.48 bits per heavy atom. The fourth-order valence-electron chi connectivity index (χ4n) is 3.10. The van der Waals surface area contributed by atoms with E-state index in [1.807, 2.05) is 0 Å². The minimum atomic E-state index is -3.97. The average molecular weight is 412 g/mol. The van der Waals surface area contributed by atoms with Crippen LogP contribution >= 0.6 is 0 Å². The molecule has 1 aromatic heterocycles. The van der Waals surface area contributed by atoms with Crippen molar-refractivity contribution in [3.8, 4) is 6.07 Å². The lowest BCUT2D eigenvalue weighted by atomic mass is 10.1. The number of hydrogen-bond donors (Lipinski definition) is 3. The lowest BCUT2D eigenvalue weighted by molar-refractivity contribution is 0.101. The van der Waals surface area contributed by atoms with Crippen LogP contribution in [-0.2, 0) is 17.1 Å². The Labute approximate surface area is 168 Å². The molecule has 2 aromatic rings. The van der Waals surface area contributed by atoms with E-state index < -0.39 is 28.1 Å². The quantitative estimate of drug-likeness (QED) is 0.659. The van der Waals surface area contributed by atoms with Crippen LogP contribution in [0.5, 0.6) is 0 Å². The van der Waals surface area contributed by atoms with Gasteiger partial charge < -0.3 is 15.0 Å². The highest BCUT2D eigenvalue weighted by atomic mass is 32.2. The van der Waals surface area contributed by atoms with Gasteiger partial charge in [-0.25, -0.2) is 13.1 Å². The fourth-order valence-corrected chi connectivity index (χ4v) is 4.55. The minimum Gasteiger partial charge on any atom is -0.387 e. The SMILES string of the molecule is C=CC(O)C1C=Cc2c(cn(C)c2C(=O)Nc2ccc(C)c(C#N)c2)S(=O)(=O)N1. The van der Waals surface area contributed by atoms with Gasteiger partial charge in [0.2, 0.25) is 10.0 Å². The highest BCUT2D eigenvalue weighted by Crippen LogP contribution is 2.28. The Kier molecular flexibility index (Phi) is 5.44. The second-order valence-corrected chi connectivity index (χ2v) is 8.38. The van der Waals surface area contributed by atoms with Crippen LogP contribution in [0.3, 0.4) is 0 Å². The maximum atomic E-state index is 12.9. The first-order chi connectivity index (χ1) is 13.7. The number of benzene rings is 1. The molecule has 0 fully saturated rings. The van der Waals surface area contributed by atoms with Gasteiger partial charge in [0, 0.05) is 24.5 Å². The van der Waals surface area contributed by atoms with Gasteiger partial charge in [-0.1, -0.05) is 24.3 Å². The van der Waals surface area contributed by atoms with E-state index in [-0.39, 0.29) is 16.2 Å². The smallest absolute Gasteiger partial charge is 0.272 e. The van der Waals surface area contributed by atoms with Crippen LogP contribution in [-0.4, -0.2) is 36.1 Å². The van der Waals surface area contributed by atoms with E-state index in [0.717, 1.165) is 5.56 Å². The van der Waals surface area contributed by atoms with E-state index in [0.29, 0.717) is 11.3 Å². The summed E-state index contributed by atoms with van der Waals surface area (Å²) in [5, 5.41) is 21.8. The standard InChI is InChI=1S/C20H20N4O4S/c1-4-17(25)16-8-7-15-18(29(27,28)23-16)11-24(3)19(15)20(26)22-14-6-5-12(2)13(9-14)10-21/h4-9,11,16-17,23,25H,1H2,2-3H3,(H,22,26). The second kappa shape index (κ2) is 7.67. The molecule has 2 heterocycles. The molecule has 2 unspecified atom stereocenters. The number of carbonyl (C=O) groups excluding carboxylic acids is 1. The Balaban J connectivity index is 2.03. The molecule has 0 spiro atoms. The summed E-state index contributed by atoms with van der Waals surface area (Å²) < 4.78 is 29.2. The number of aliphatic hydroxyl groups is 1. The summed E-state index contributed by atoms with van der Waals surface area (Å²) in [6.07, 6.45) is 4.43. The molecule has 1 aromatic carbocycles. The average Bonchev–Trinajstić information content (AvgIpc) is 2.96. The first-order valence-corrected chi connectivity index (χ1v) is 10.2. The van der Waals surface area contributed by atoms with E-state index in [9.17, 15) is 18.3 Å². The molecule has 1 aliphatic rings. The van der Waals surface area contributed by atoms with Crippen molar-refractivity contribution in [2.45, 2.75) is 24.0 Å². The normalized spacial score (nSPS) is 18.2. The number of hydrogen-bond acceptors (Lipinski definition) is 5. The van der Waals surface area contributed by atoms with Crippen molar-refractivity contribution in [3.05, 3.63) is 65.5 Å². The molecular formula is C20H20N4O4S. The molecule has 0 bridgehead atoms. The molecule has 9 heteroatoms. The first-order valence-electron chi connectivity index (χ1n) is 8.70. The number of nitrogens with zero attached hydrogens (tertiary/aromatic N) is 2. The Morgan fingerprint density at radius 3 is 2.86 bits per heavy atom. The van der Waals surface area contributed by atoms with Crippen molar-refractivity contribution in [1.29, 1.82) is 5.26 Å². The van der Waals surface area contributed by atoms with Crippen LogP contribution in [0, 0.1) is 18.3 Å². The monoisotopic (exact) mass is 412 g/mol. The van der Waals surface area contributed by atoms with Crippen LogP contribution < -0.4 is 10.0 Å². The maximum Gasteiger partial charge on any atom is 0.272 e. The van der Waals surface area contributed by atoms with E-state index in [1.165, 1.54) is 29.0 Å². The summed E-state index contributed by atoms with van der Waals surface area (Å²) in [5.74, 6) is -0.524. The minimum absolute atomic E-state index is 0.0678. The highest BCUT2D eigenvalue weighted by Gasteiger charge is 2.32. The topological polar surface area (TPSA) is 124 Å². The summed E-state index contributed by atoms with van der Waals surface area (Å²) in [6.45, 7) is 5.26. The number of rotatable bonds is 4. The third-order valence-electron chi connectivity index (χ3n) is 4.68. The Hall–Kier alpha value is -3.19. The number of sulfonamides is 1. The highest BCUT2D eigenvalue weighted by molar-refractivity contribution is 7.89. The van der Waals surface area contributed by atoms with Crippen molar-refractivity contribution in [1.82, 2.24) is 9.29 Å². The summed E-state index contributed by atoms with van der Waals surface area (Å²) in [7, 11) is -2.40. The van der Waals surface area contributed by atoms with Gasteiger partial charge in [0.05, 0.1) is 23.8 Å². The molecule has 0 saturated heterocycles. The van der Waals surface area contributed by atoms with Crippen LogP contribution in [0.25, 0.3) is 6.08 Å². The number of anilines is 1. The summed E-state index contributed by atoms with van der Waals surface area (Å²) in [6, 6.07) is 6.10. The van der Waals surface area contributed by atoms with Gasteiger partial charge in [-0.3, -0.25) is 4.79 Å². The summed E-state index contributed by atoms with van der Waals surface area (Å²) in [4.78, 5) is 12.9. The third-order valence-corrected chi connectivity index (χ3v) is 6.16. The van der Waals surface area contributed by atoms with Gasteiger partial charge in [-0.2, -0.15) is 5.26 Å². The molecule has 0 saturated carbocycles. The summed E-state index contributed by atoms with van der Waals surface area (Å²) in [5.41, 5.74) is 1.98. The number of aryl methyl sites for hydroxylation is 2. The molecule has 0 aliphatic carbocycles. The van der Waals surface area contributed by atoms with Crippen LogP contribution in [0.1, 0.15) is 27.2 Å².